The fraction of sp³-hybridized carbons (Fsp3) is 0.667. The maximum atomic E-state index is 12.5. The van der Waals surface area contributed by atoms with E-state index in [2.05, 4.69) is 35.8 Å². The Morgan fingerprint density at radius 3 is 2.76 bits per heavy atom. The Morgan fingerprint density at radius 1 is 1.20 bits per heavy atom. The van der Waals surface area contributed by atoms with Crippen LogP contribution in [0, 0.1) is 11.3 Å². The van der Waals surface area contributed by atoms with E-state index in [4.69, 9.17) is 4.74 Å². The van der Waals surface area contributed by atoms with E-state index < -0.39 is 0 Å². The van der Waals surface area contributed by atoms with Crippen molar-refractivity contribution >= 4 is 5.91 Å². The van der Waals surface area contributed by atoms with Gasteiger partial charge in [-0.15, -0.1) is 0 Å². The molecule has 2 saturated heterocycles. The Bertz CT molecular complexity index is 601. The van der Waals surface area contributed by atoms with Crippen molar-refractivity contribution in [2.45, 2.75) is 46.1 Å². The number of piperidine rings is 1. The molecule has 0 radical (unpaired) electrons. The third kappa shape index (κ3) is 4.35. The molecule has 138 valence electrons. The Labute approximate surface area is 152 Å². The van der Waals surface area contributed by atoms with Crippen LogP contribution in [0.1, 0.15) is 45.1 Å². The lowest BCUT2D eigenvalue weighted by Crippen LogP contribution is -2.47. The van der Waals surface area contributed by atoms with Gasteiger partial charge in [-0.3, -0.25) is 9.69 Å². The minimum Gasteiger partial charge on any atom is -0.496 e. The van der Waals surface area contributed by atoms with Crippen molar-refractivity contribution in [3.8, 4) is 5.75 Å². The van der Waals surface area contributed by atoms with E-state index >= 15 is 0 Å². The molecule has 4 nitrogen and oxygen atoms in total. The lowest BCUT2D eigenvalue weighted by Gasteiger charge is -2.41. The highest BCUT2D eigenvalue weighted by Gasteiger charge is 2.42. The van der Waals surface area contributed by atoms with Gasteiger partial charge in [0.15, 0.2) is 0 Å². The van der Waals surface area contributed by atoms with Gasteiger partial charge in [-0.1, -0.05) is 32.0 Å². The van der Waals surface area contributed by atoms with E-state index in [1.807, 2.05) is 12.1 Å². The van der Waals surface area contributed by atoms with Gasteiger partial charge >= 0.3 is 0 Å². The van der Waals surface area contributed by atoms with Crippen LogP contribution in [0.3, 0.4) is 0 Å². The van der Waals surface area contributed by atoms with Crippen molar-refractivity contribution in [2.75, 3.05) is 33.3 Å². The standard InChI is InChI=1S/C21H32N2O2/c1-17(2)13-20(24)23-11-6-9-21(16-23)10-12-22(15-21)14-18-7-4-5-8-19(18)25-3/h4-5,7-8,17H,6,9-16H2,1-3H3/t21-/m0/s1. The molecule has 0 aromatic heterocycles. The lowest BCUT2D eigenvalue weighted by atomic mass is 9.79. The van der Waals surface area contributed by atoms with Crippen molar-refractivity contribution in [2.24, 2.45) is 11.3 Å². The van der Waals surface area contributed by atoms with Gasteiger partial charge in [-0.2, -0.15) is 0 Å². The second kappa shape index (κ2) is 7.77. The molecule has 0 unspecified atom stereocenters. The summed E-state index contributed by atoms with van der Waals surface area (Å²) in [5.41, 5.74) is 1.55. The third-order valence-corrected chi connectivity index (χ3v) is 5.70. The van der Waals surface area contributed by atoms with Crippen molar-refractivity contribution in [1.29, 1.82) is 0 Å². The normalized spacial score (nSPS) is 24.2. The highest BCUT2D eigenvalue weighted by molar-refractivity contribution is 5.76. The number of carbonyl (C=O) groups excluding carboxylic acids is 1. The summed E-state index contributed by atoms with van der Waals surface area (Å²) in [6.45, 7) is 9.29. The molecule has 1 amide bonds. The van der Waals surface area contributed by atoms with Crippen LogP contribution in [0.4, 0.5) is 0 Å². The van der Waals surface area contributed by atoms with E-state index in [1.165, 1.54) is 18.4 Å². The molecule has 4 heteroatoms. The van der Waals surface area contributed by atoms with Crippen LogP contribution in [0.2, 0.25) is 0 Å². The molecule has 1 aromatic carbocycles. The topological polar surface area (TPSA) is 32.8 Å². The van der Waals surface area contributed by atoms with Gasteiger partial charge in [0.1, 0.15) is 5.75 Å². The zero-order chi connectivity index (χ0) is 17.9. The summed E-state index contributed by atoms with van der Waals surface area (Å²) in [5, 5.41) is 0. The summed E-state index contributed by atoms with van der Waals surface area (Å²) < 4.78 is 5.50. The van der Waals surface area contributed by atoms with Crippen LogP contribution in [-0.2, 0) is 11.3 Å². The number of hydrogen-bond acceptors (Lipinski definition) is 3. The summed E-state index contributed by atoms with van der Waals surface area (Å²) in [7, 11) is 1.74. The van der Waals surface area contributed by atoms with E-state index in [0.29, 0.717) is 23.7 Å². The molecule has 1 atom stereocenters. The van der Waals surface area contributed by atoms with Gasteiger partial charge in [0.25, 0.3) is 0 Å². The Hall–Kier alpha value is -1.55. The van der Waals surface area contributed by atoms with Crippen LogP contribution in [0.15, 0.2) is 24.3 Å². The Balaban J connectivity index is 1.62. The number of carbonyl (C=O) groups is 1. The first-order valence-corrected chi connectivity index (χ1v) is 9.63. The summed E-state index contributed by atoms with van der Waals surface area (Å²) in [6.07, 6.45) is 4.28. The fourth-order valence-electron chi connectivity index (χ4n) is 4.47. The molecule has 3 rings (SSSR count). The number of hydrogen-bond donors (Lipinski definition) is 0. The summed E-state index contributed by atoms with van der Waals surface area (Å²) in [4.78, 5) is 17.2. The average molecular weight is 344 g/mol. The quantitative estimate of drug-likeness (QED) is 0.819. The van der Waals surface area contributed by atoms with Gasteiger partial charge in [0.2, 0.25) is 5.91 Å². The first-order chi connectivity index (χ1) is 12.0. The molecule has 0 saturated carbocycles. The molecule has 1 spiro atoms. The van der Waals surface area contributed by atoms with Crippen LogP contribution < -0.4 is 4.74 Å². The molecule has 0 N–H and O–H groups in total. The summed E-state index contributed by atoms with van der Waals surface area (Å²) in [6, 6.07) is 8.29. The van der Waals surface area contributed by atoms with Gasteiger partial charge < -0.3 is 9.64 Å². The summed E-state index contributed by atoms with van der Waals surface area (Å²) >= 11 is 0. The Kier molecular flexibility index (Phi) is 5.67. The largest absolute Gasteiger partial charge is 0.496 e. The van der Waals surface area contributed by atoms with Crippen LogP contribution >= 0.6 is 0 Å². The first kappa shape index (κ1) is 18.2. The molecule has 2 heterocycles. The minimum absolute atomic E-state index is 0.299. The molecule has 25 heavy (non-hydrogen) atoms. The Morgan fingerprint density at radius 2 is 2.00 bits per heavy atom. The van der Waals surface area contributed by atoms with Crippen molar-refractivity contribution in [3.05, 3.63) is 29.8 Å². The minimum atomic E-state index is 0.299. The number of methoxy groups -OCH3 is 1. The molecule has 0 aliphatic carbocycles. The predicted octanol–water partition coefficient (Wildman–Crippen LogP) is 3.56. The zero-order valence-corrected chi connectivity index (χ0v) is 16.0. The second-order valence-electron chi connectivity index (χ2n) is 8.29. The monoisotopic (exact) mass is 344 g/mol. The van der Waals surface area contributed by atoms with Crippen molar-refractivity contribution in [1.82, 2.24) is 9.80 Å². The van der Waals surface area contributed by atoms with Gasteiger partial charge in [0.05, 0.1) is 7.11 Å². The third-order valence-electron chi connectivity index (χ3n) is 5.70. The SMILES string of the molecule is COc1ccccc1CN1CC[C@@]2(CCCN(C(=O)CC(C)C)C2)C1. The van der Waals surface area contributed by atoms with Gasteiger partial charge in [-0.25, -0.2) is 0 Å². The highest BCUT2D eigenvalue weighted by Crippen LogP contribution is 2.40. The van der Waals surface area contributed by atoms with Crippen LogP contribution in [-0.4, -0.2) is 49.0 Å². The fourth-order valence-corrected chi connectivity index (χ4v) is 4.47. The number of rotatable bonds is 5. The number of nitrogens with zero attached hydrogens (tertiary/aromatic N) is 2. The molecular weight excluding hydrogens is 312 g/mol. The molecule has 1 aromatic rings. The molecule has 2 aliphatic rings. The number of amides is 1. The second-order valence-corrected chi connectivity index (χ2v) is 8.29. The van der Waals surface area contributed by atoms with E-state index in [9.17, 15) is 4.79 Å². The summed E-state index contributed by atoms with van der Waals surface area (Å²) in [5.74, 6) is 1.76. The molecule has 2 fully saturated rings. The van der Waals surface area contributed by atoms with E-state index in [1.54, 1.807) is 7.11 Å². The number of para-hydroxylation sites is 1. The maximum absolute atomic E-state index is 12.5. The molecule has 2 aliphatic heterocycles. The van der Waals surface area contributed by atoms with Crippen LogP contribution in [0.25, 0.3) is 0 Å². The van der Waals surface area contributed by atoms with E-state index in [0.717, 1.165) is 44.9 Å². The van der Waals surface area contributed by atoms with Gasteiger partial charge in [0, 0.05) is 43.6 Å². The average Bonchev–Trinajstić information content (AvgIpc) is 2.96. The maximum Gasteiger partial charge on any atom is 0.222 e. The van der Waals surface area contributed by atoms with Crippen LogP contribution in [0.5, 0.6) is 5.75 Å². The lowest BCUT2D eigenvalue weighted by molar-refractivity contribution is -0.135. The van der Waals surface area contributed by atoms with Gasteiger partial charge in [-0.05, 0) is 37.8 Å². The van der Waals surface area contributed by atoms with Crippen molar-refractivity contribution < 1.29 is 9.53 Å². The molecular formula is C21H32N2O2. The number of benzene rings is 1. The predicted molar refractivity (Wildman–Crippen MR) is 101 cm³/mol. The van der Waals surface area contributed by atoms with Crippen molar-refractivity contribution in [3.63, 3.8) is 0 Å². The smallest absolute Gasteiger partial charge is 0.222 e. The number of ether oxygens (including phenoxy) is 1. The van der Waals surface area contributed by atoms with E-state index in [-0.39, 0.29) is 0 Å². The first-order valence-electron chi connectivity index (χ1n) is 9.63. The molecule has 0 bridgehead atoms. The highest BCUT2D eigenvalue weighted by atomic mass is 16.5. The zero-order valence-electron chi connectivity index (χ0n) is 16.0. The number of likely N-dealkylation sites (tertiary alicyclic amines) is 2.